The predicted molar refractivity (Wildman–Crippen MR) is 127 cm³/mol. The van der Waals surface area contributed by atoms with Crippen molar-refractivity contribution < 1.29 is 8.42 Å². The van der Waals surface area contributed by atoms with E-state index in [4.69, 9.17) is 0 Å². The van der Waals surface area contributed by atoms with Crippen LogP contribution in [-0.2, 0) is 17.1 Å². The highest BCUT2D eigenvalue weighted by atomic mass is 32.2. The first kappa shape index (κ1) is 22.5. The Morgan fingerprint density at radius 2 is 1.45 bits per heavy atom. The summed E-state index contributed by atoms with van der Waals surface area (Å²) in [6, 6.07) is 10.6. The Kier molecular flexibility index (Phi) is 5.66. The van der Waals surface area contributed by atoms with Crippen LogP contribution in [0.2, 0.25) is 0 Å². The zero-order chi connectivity index (χ0) is 23.9. The van der Waals surface area contributed by atoms with Crippen LogP contribution in [0.5, 0.6) is 0 Å². The number of hydrogen-bond donors (Lipinski definition) is 2. The highest BCUT2D eigenvalue weighted by molar-refractivity contribution is 7.92. The summed E-state index contributed by atoms with van der Waals surface area (Å²) < 4.78 is 31.6. The summed E-state index contributed by atoms with van der Waals surface area (Å²) in [6.45, 7) is 9.39. The van der Waals surface area contributed by atoms with Crippen molar-refractivity contribution in [2.24, 2.45) is 7.05 Å². The standard InChI is InChI=1S/C22H26N8O2S/c1-13-14(2)27-30(16(13)4)21-12-11-20(24-25-21)23-18-7-9-19(10-8-18)28-33(31,32)22-15(3)26-29(6)17(22)5/h7-12,28H,1-6H3,(H,23,24). The molecule has 0 unspecified atom stereocenters. The summed E-state index contributed by atoms with van der Waals surface area (Å²) in [6.07, 6.45) is 0. The summed E-state index contributed by atoms with van der Waals surface area (Å²) >= 11 is 0. The number of aryl methyl sites for hydroxylation is 3. The van der Waals surface area contributed by atoms with Gasteiger partial charge in [-0.2, -0.15) is 10.2 Å². The van der Waals surface area contributed by atoms with Gasteiger partial charge >= 0.3 is 0 Å². The molecule has 0 spiro atoms. The van der Waals surface area contributed by atoms with Gasteiger partial charge in [0, 0.05) is 24.1 Å². The van der Waals surface area contributed by atoms with E-state index in [-0.39, 0.29) is 4.90 Å². The third-order valence-corrected chi connectivity index (χ3v) is 7.27. The fourth-order valence-corrected chi connectivity index (χ4v) is 5.07. The summed E-state index contributed by atoms with van der Waals surface area (Å²) in [5.41, 5.74) is 5.34. The molecule has 172 valence electrons. The second kappa shape index (κ2) is 8.32. The van der Waals surface area contributed by atoms with Crippen LogP contribution >= 0.6 is 0 Å². The smallest absolute Gasteiger partial charge is 0.265 e. The molecule has 3 aromatic heterocycles. The molecule has 0 bridgehead atoms. The zero-order valence-corrected chi connectivity index (χ0v) is 20.2. The SMILES string of the molecule is Cc1nn(-c2ccc(Nc3ccc(NS(=O)(=O)c4c(C)nn(C)c4C)cc3)nn2)c(C)c1C. The van der Waals surface area contributed by atoms with Crippen molar-refractivity contribution in [2.75, 3.05) is 10.0 Å². The molecule has 0 aliphatic carbocycles. The number of nitrogens with one attached hydrogen (secondary N) is 2. The molecular formula is C22H26N8O2S. The maximum atomic E-state index is 12.8. The van der Waals surface area contributed by atoms with Gasteiger partial charge in [0.15, 0.2) is 11.6 Å². The van der Waals surface area contributed by atoms with Crippen molar-refractivity contribution in [2.45, 2.75) is 39.5 Å². The maximum absolute atomic E-state index is 12.8. The number of sulfonamides is 1. The Morgan fingerprint density at radius 3 is 1.97 bits per heavy atom. The number of hydrogen-bond acceptors (Lipinski definition) is 7. The van der Waals surface area contributed by atoms with E-state index in [2.05, 4.69) is 30.4 Å². The molecular weight excluding hydrogens is 440 g/mol. The van der Waals surface area contributed by atoms with Gasteiger partial charge in [-0.1, -0.05) is 0 Å². The molecule has 11 heteroatoms. The number of nitrogens with zero attached hydrogens (tertiary/aromatic N) is 6. The molecule has 10 nitrogen and oxygen atoms in total. The van der Waals surface area contributed by atoms with Crippen LogP contribution in [0.25, 0.3) is 5.82 Å². The zero-order valence-electron chi connectivity index (χ0n) is 19.4. The molecule has 0 saturated carbocycles. The lowest BCUT2D eigenvalue weighted by molar-refractivity contribution is 0.599. The van der Waals surface area contributed by atoms with Crippen LogP contribution in [0.4, 0.5) is 17.2 Å². The molecule has 0 fully saturated rings. The molecule has 2 N–H and O–H groups in total. The average Bonchev–Trinajstić information content (AvgIpc) is 3.18. The average molecular weight is 467 g/mol. The minimum absolute atomic E-state index is 0.195. The van der Waals surface area contributed by atoms with Gasteiger partial charge in [-0.3, -0.25) is 9.40 Å². The van der Waals surface area contributed by atoms with Gasteiger partial charge in [0.05, 0.1) is 17.1 Å². The van der Waals surface area contributed by atoms with E-state index in [9.17, 15) is 8.42 Å². The predicted octanol–water partition coefficient (Wildman–Crippen LogP) is 3.48. The lowest BCUT2D eigenvalue weighted by Gasteiger charge is -2.10. The van der Waals surface area contributed by atoms with E-state index >= 15 is 0 Å². The highest BCUT2D eigenvalue weighted by Gasteiger charge is 2.23. The van der Waals surface area contributed by atoms with E-state index in [0.717, 1.165) is 22.6 Å². The third-order valence-electron chi connectivity index (χ3n) is 5.64. The topological polar surface area (TPSA) is 120 Å². The number of aromatic nitrogens is 6. The van der Waals surface area contributed by atoms with Gasteiger partial charge < -0.3 is 5.32 Å². The van der Waals surface area contributed by atoms with E-state index in [1.807, 2.05) is 32.9 Å². The van der Waals surface area contributed by atoms with Crippen molar-refractivity contribution in [1.29, 1.82) is 0 Å². The summed E-state index contributed by atoms with van der Waals surface area (Å²) in [4.78, 5) is 0.195. The van der Waals surface area contributed by atoms with E-state index in [0.29, 0.717) is 28.7 Å². The molecule has 0 aliphatic rings. The molecule has 0 atom stereocenters. The van der Waals surface area contributed by atoms with Gasteiger partial charge in [-0.15, -0.1) is 10.2 Å². The molecule has 0 amide bonds. The molecule has 3 heterocycles. The van der Waals surface area contributed by atoms with Crippen molar-refractivity contribution in [3.05, 3.63) is 64.7 Å². The minimum Gasteiger partial charge on any atom is -0.339 e. The van der Waals surface area contributed by atoms with Crippen LogP contribution < -0.4 is 10.0 Å². The van der Waals surface area contributed by atoms with Gasteiger partial charge in [-0.25, -0.2) is 13.1 Å². The quantitative estimate of drug-likeness (QED) is 0.446. The second-order valence-electron chi connectivity index (χ2n) is 7.92. The Bertz CT molecular complexity index is 1420. The molecule has 1 aromatic carbocycles. The largest absolute Gasteiger partial charge is 0.339 e. The van der Waals surface area contributed by atoms with Gasteiger partial charge in [0.2, 0.25) is 0 Å². The normalized spacial score (nSPS) is 11.6. The monoisotopic (exact) mass is 466 g/mol. The van der Waals surface area contributed by atoms with Crippen LogP contribution in [0, 0.1) is 34.6 Å². The maximum Gasteiger partial charge on any atom is 0.265 e. The fraction of sp³-hybridized carbons (Fsp3) is 0.273. The minimum atomic E-state index is -3.75. The molecule has 0 aliphatic heterocycles. The van der Waals surface area contributed by atoms with Crippen LogP contribution in [0.15, 0.2) is 41.3 Å². The van der Waals surface area contributed by atoms with E-state index < -0.39 is 10.0 Å². The second-order valence-corrected chi connectivity index (χ2v) is 9.54. The van der Waals surface area contributed by atoms with Crippen LogP contribution in [0.3, 0.4) is 0 Å². The summed E-state index contributed by atoms with van der Waals surface area (Å²) in [5, 5.41) is 20.3. The lowest BCUT2D eigenvalue weighted by atomic mass is 10.2. The fourth-order valence-electron chi connectivity index (χ4n) is 3.57. The van der Waals surface area contributed by atoms with E-state index in [1.54, 1.807) is 54.5 Å². The van der Waals surface area contributed by atoms with Gasteiger partial charge in [0.1, 0.15) is 4.90 Å². The van der Waals surface area contributed by atoms with Crippen molar-refractivity contribution >= 4 is 27.2 Å². The summed E-state index contributed by atoms with van der Waals surface area (Å²) in [7, 11) is -2.03. The Balaban J connectivity index is 1.47. The lowest BCUT2D eigenvalue weighted by Crippen LogP contribution is -2.14. The first-order valence-corrected chi connectivity index (χ1v) is 11.8. The molecule has 33 heavy (non-hydrogen) atoms. The first-order chi connectivity index (χ1) is 15.6. The van der Waals surface area contributed by atoms with Crippen molar-refractivity contribution in [3.8, 4) is 5.82 Å². The number of rotatable bonds is 6. The number of benzene rings is 1. The number of anilines is 3. The van der Waals surface area contributed by atoms with Crippen molar-refractivity contribution in [3.63, 3.8) is 0 Å². The Morgan fingerprint density at radius 1 is 0.788 bits per heavy atom. The molecule has 4 aromatic rings. The Labute approximate surface area is 192 Å². The molecule has 0 radical (unpaired) electrons. The summed E-state index contributed by atoms with van der Waals surface area (Å²) in [5.74, 6) is 1.20. The van der Waals surface area contributed by atoms with Gasteiger partial charge in [0.25, 0.3) is 10.0 Å². The van der Waals surface area contributed by atoms with Crippen LogP contribution in [0.1, 0.15) is 28.3 Å². The molecule has 4 rings (SSSR count). The van der Waals surface area contributed by atoms with Crippen LogP contribution in [-0.4, -0.2) is 38.2 Å². The van der Waals surface area contributed by atoms with Crippen molar-refractivity contribution in [1.82, 2.24) is 29.8 Å². The third kappa shape index (κ3) is 4.31. The Hall–Kier alpha value is -3.73. The van der Waals surface area contributed by atoms with E-state index in [1.165, 1.54) is 0 Å². The van der Waals surface area contributed by atoms with Gasteiger partial charge in [-0.05, 0) is 76.6 Å². The molecule has 0 saturated heterocycles. The highest BCUT2D eigenvalue weighted by Crippen LogP contribution is 2.24. The first-order valence-electron chi connectivity index (χ1n) is 10.3.